The molecular formula is C14H13BrN2O2. The highest BCUT2D eigenvalue weighted by molar-refractivity contribution is 9.10. The number of amides is 1. The number of phenols is 1. The summed E-state index contributed by atoms with van der Waals surface area (Å²) in [6.45, 7) is 3.71. The minimum atomic E-state index is -0.362. The molecule has 5 heteroatoms. The van der Waals surface area contributed by atoms with E-state index in [9.17, 15) is 9.90 Å². The van der Waals surface area contributed by atoms with Gasteiger partial charge in [0, 0.05) is 10.2 Å². The maximum Gasteiger partial charge on any atom is 0.259 e. The first-order valence-corrected chi connectivity index (χ1v) is 6.51. The minimum absolute atomic E-state index is 0.0652. The Balaban J connectivity index is 2.25. The number of hydrogen-bond donors (Lipinski definition) is 2. The Kier molecular flexibility index (Phi) is 3.85. The van der Waals surface area contributed by atoms with Crippen LogP contribution in [-0.4, -0.2) is 16.0 Å². The number of halogens is 1. The third-order valence-electron chi connectivity index (χ3n) is 2.68. The first-order valence-electron chi connectivity index (χ1n) is 5.71. The summed E-state index contributed by atoms with van der Waals surface area (Å²) >= 11 is 3.23. The first kappa shape index (κ1) is 13.5. The maximum atomic E-state index is 12.1. The summed E-state index contributed by atoms with van der Waals surface area (Å²) in [4.78, 5) is 16.3. The van der Waals surface area contributed by atoms with E-state index in [2.05, 4.69) is 26.2 Å². The quantitative estimate of drug-likeness (QED) is 0.891. The molecule has 0 aliphatic heterocycles. The van der Waals surface area contributed by atoms with Gasteiger partial charge in [0.05, 0.1) is 16.9 Å². The van der Waals surface area contributed by atoms with Crippen molar-refractivity contribution in [3.05, 3.63) is 51.8 Å². The predicted octanol–water partition coefficient (Wildman–Crippen LogP) is 3.42. The average Bonchev–Trinajstić information content (AvgIpc) is 2.32. The number of anilines is 1. The molecule has 0 saturated carbocycles. The van der Waals surface area contributed by atoms with Crippen molar-refractivity contribution in [1.82, 2.24) is 4.98 Å². The van der Waals surface area contributed by atoms with Crippen LogP contribution >= 0.6 is 15.9 Å². The molecule has 0 spiro atoms. The van der Waals surface area contributed by atoms with E-state index in [1.807, 2.05) is 19.9 Å². The lowest BCUT2D eigenvalue weighted by atomic mass is 10.2. The highest BCUT2D eigenvalue weighted by Crippen LogP contribution is 2.23. The van der Waals surface area contributed by atoms with Crippen LogP contribution in [0.5, 0.6) is 5.75 Å². The normalized spacial score (nSPS) is 10.3. The lowest BCUT2D eigenvalue weighted by Gasteiger charge is -2.09. The van der Waals surface area contributed by atoms with Crippen molar-refractivity contribution in [2.75, 3.05) is 5.32 Å². The summed E-state index contributed by atoms with van der Waals surface area (Å²) in [5, 5.41) is 12.5. The standard InChI is InChI=1S/C14H13BrN2O2/c1-8-3-6-12(9(2)16-8)17-14(19)11-5-4-10(15)7-13(11)18/h3-7,18H,1-2H3,(H,17,19). The molecule has 2 rings (SSSR count). The Hall–Kier alpha value is -1.88. The van der Waals surface area contributed by atoms with Gasteiger partial charge in [-0.15, -0.1) is 0 Å². The second kappa shape index (κ2) is 5.40. The molecule has 1 amide bonds. The number of phenolic OH excluding ortho intramolecular Hbond substituents is 1. The number of carbonyl (C=O) groups excluding carboxylic acids is 1. The predicted molar refractivity (Wildman–Crippen MR) is 77.5 cm³/mol. The number of benzene rings is 1. The van der Waals surface area contributed by atoms with Crippen LogP contribution in [0.25, 0.3) is 0 Å². The topological polar surface area (TPSA) is 62.2 Å². The second-order valence-electron chi connectivity index (χ2n) is 4.20. The van der Waals surface area contributed by atoms with E-state index >= 15 is 0 Å². The van der Waals surface area contributed by atoms with E-state index in [1.165, 1.54) is 6.07 Å². The van der Waals surface area contributed by atoms with Gasteiger partial charge < -0.3 is 10.4 Å². The lowest BCUT2D eigenvalue weighted by Crippen LogP contribution is -2.13. The largest absolute Gasteiger partial charge is 0.507 e. The average molecular weight is 321 g/mol. The molecule has 0 bridgehead atoms. The van der Waals surface area contributed by atoms with Gasteiger partial charge in [-0.3, -0.25) is 9.78 Å². The number of aromatic hydroxyl groups is 1. The zero-order valence-corrected chi connectivity index (χ0v) is 12.2. The van der Waals surface area contributed by atoms with Crippen molar-refractivity contribution >= 4 is 27.5 Å². The van der Waals surface area contributed by atoms with E-state index in [1.54, 1.807) is 18.2 Å². The molecule has 0 aliphatic rings. The minimum Gasteiger partial charge on any atom is -0.507 e. The molecule has 2 N–H and O–H groups in total. The van der Waals surface area contributed by atoms with Crippen LogP contribution < -0.4 is 5.32 Å². The SMILES string of the molecule is Cc1ccc(NC(=O)c2ccc(Br)cc2O)c(C)n1. The van der Waals surface area contributed by atoms with Gasteiger partial charge in [-0.25, -0.2) is 0 Å². The van der Waals surface area contributed by atoms with E-state index in [0.29, 0.717) is 5.69 Å². The fourth-order valence-electron chi connectivity index (χ4n) is 1.71. The molecule has 0 saturated heterocycles. The molecular weight excluding hydrogens is 308 g/mol. The lowest BCUT2D eigenvalue weighted by molar-refractivity contribution is 0.102. The summed E-state index contributed by atoms with van der Waals surface area (Å²) in [7, 11) is 0. The number of rotatable bonds is 2. The third-order valence-corrected chi connectivity index (χ3v) is 3.17. The molecule has 98 valence electrons. The van der Waals surface area contributed by atoms with Crippen molar-refractivity contribution in [2.24, 2.45) is 0 Å². The zero-order valence-electron chi connectivity index (χ0n) is 10.6. The van der Waals surface area contributed by atoms with Gasteiger partial charge in [-0.1, -0.05) is 15.9 Å². The van der Waals surface area contributed by atoms with E-state index in [0.717, 1.165) is 15.9 Å². The molecule has 1 aromatic carbocycles. The van der Waals surface area contributed by atoms with Crippen LogP contribution in [0.3, 0.4) is 0 Å². The van der Waals surface area contributed by atoms with Crippen LogP contribution in [-0.2, 0) is 0 Å². The van der Waals surface area contributed by atoms with Gasteiger partial charge in [0.15, 0.2) is 0 Å². The van der Waals surface area contributed by atoms with Gasteiger partial charge >= 0.3 is 0 Å². The van der Waals surface area contributed by atoms with E-state index < -0.39 is 0 Å². The van der Waals surface area contributed by atoms with Crippen molar-refractivity contribution < 1.29 is 9.90 Å². The number of nitrogens with zero attached hydrogens (tertiary/aromatic N) is 1. The van der Waals surface area contributed by atoms with Crippen LogP contribution in [0, 0.1) is 13.8 Å². The van der Waals surface area contributed by atoms with Gasteiger partial charge in [0.2, 0.25) is 0 Å². The van der Waals surface area contributed by atoms with E-state index in [4.69, 9.17) is 0 Å². The molecule has 0 fully saturated rings. The maximum absolute atomic E-state index is 12.1. The summed E-state index contributed by atoms with van der Waals surface area (Å²) in [5.41, 5.74) is 2.49. The Morgan fingerprint density at radius 2 is 2.00 bits per heavy atom. The fraction of sp³-hybridized carbons (Fsp3) is 0.143. The first-order chi connectivity index (χ1) is 8.97. The molecule has 0 unspecified atom stereocenters. The van der Waals surface area contributed by atoms with Crippen molar-refractivity contribution in [3.8, 4) is 5.75 Å². The Morgan fingerprint density at radius 3 is 2.63 bits per heavy atom. The molecule has 0 atom stereocenters. The van der Waals surface area contributed by atoms with Gasteiger partial charge in [-0.2, -0.15) is 0 Å². The molecule has 4 nitrogen and oxygen atoms in total. The van der Waals surface area contributed by atoms with Crippen LogP contribution in [0.2, 0.25) is 0 Å². The summed E-state index contributed by atoms with van der Waals surface area (Å²) in [6.07, 6.45) is 0. The molecule has 0 radical (unpaired) electrons. The van der Waals surface area contributed by atoms with Crippen molar-refractivity contribution in [3.63, 3.8) is 0 Å². The van der Waals surface area contributed by atoms with Crippen molar-refractivity contribution in [1.29, 1.82) is 0 Å². The van der Waals surface area contributed by atoms with Gasteiger partial charge in [-0.05, 0) is 44.2 Å². The number of aromatic nitrogens is 1. The fourth-order valence-corrected chi connectivity index (χ4v) is 2.05. The number of hydrogen-bond acceptors (Lipinski definition) is 3. The van der Waals surface area contributed by atoms with E-state index in [-0.39, 0.29) is 17.2 Å². The van der Waals surface area contributed by atoms with Crippen LogP contribution in [0.4, 0.5) is 5.69 Å². The summed E-state index contributed by atoms with van der Waals surface area (Å²) < 4.78 is 0.717. The number of pyridine rings is 1. The highest BCUT2D eigenvalue weighted by Gasteiger charge is 2.12. The van der Waals surface area contributed by atoms with Gasteiger partial charge in [0.25, 0.3) is 5.91 Å². The number of carbonyl (C=O) groups is 1. The molecule has 1 aromatic heterocycles. The smallest absolute Gasteiger partial charge is 0.259 e. The number of aryl methyl sites for hydroxylation is 2. The van der Waals surface area contributed by atoms with Gasteiger partial charge in [0.1, 0.15) is 5.75 Å². The van der Waals surface area contributed by atoms with Crippen molar-refractivity contribution in [2.45, 2.75) is 13.8 Å². The summed E-state index contributed by atoms with van der Waals surface area (Å²) in [5.74, 6) is -0.427. The van der Waals surface area contributed by atoms with Crippen LogP contribution in [0.1, 0.15) is 21.7 Å². The molecule has 2 aromatic rings. The highest BCUT2D eigenvalue weighted by atomic mass is 79.9. The van der Waals surface area contributed by atoms with Crippen LogP contribution in [0.15, 0.2) is 34.8 Å². The molecule has 0 aliphatic carbocycles. The second-order valence-corrected chi connectivity index (χ2v) is 5.12. The Bertz CT molecular complexity index is 641. The zero-order chi connectivity index (χ0) is 14.0. The number of nitrogens with one attached hydrogen (secondary N) is 1. The molecule has 19 heavy (non-hydrogen) atoms. The Labute approximate surface area is 119 Å². The monoisotopic (exact) mass is 320 g/mol. The third kappa shape index (κ3) is 3.12. The summed E-state index contributed by atoms with van der Waals surface area (Å²) in [6, 6.07) is 8.37. The Morgan fingerprint density at radius 1 is 1.26 bits per heavy atom. The molecule has 1 heterocycles.